The second-order valence-corrected chi connectivity index (χ2v) is 7.01. The van der Waals surface area contributed by atoms with E-state index in [1.54, 1.807) is 26.0 Å². The lowest BCUT2D eigenvalue weighted by Gasteiger charge is -2.11. The first kappa shape index (κ1) is 32.2. The molecule has 1 atom stereocenters. The van der Waals surface area contributed by atoms with Crippen molar-refractivity contribution in [3.8, 4) is 11.5 Å². The molecule has 0 aliphatic rings. The molecule has 7 N–H and O–H groups in total. The highest BCUT2D eigenvalue weighted by atomic mass is 16.6. The van der Waals surface area contributed by atoms with Gasteiger partial charge in [0.25, 0.3) is 0 Å². The van der Waals surface area contributed by atoms with Crippen molar-refractivity contribution in [2.75, 3.05) is 6.54 Å². The van der Waals surface area contributed by atoms with Crippen LogP contribution >= 0.6 is 0 Å². The van der Waals surface area contributed by atoms with Gasteiger partial charge in [-0.3, -0.25) is 19.2 Å². The molecule has 0 fully saturated rings. The Balaban J connectivity index is 0. The Morgan fingerprint density at radius 1 is 1.00 bits per heavy atom. The molecule has 1 aromatic rings. The SMILES string of the molecule is CC.CC(=O)Oc1ccc(CCC(=O)OC(C)C)cc1OC(C)=O.NC(=O)C(N)CCC[NH3+]. The van der Waals surface area contributed by atoms with E-state index in [1.807, 2.05) is 13.8 Å². The minimum Gasteiger partial charge on any atom is -0.463 e. The molecule has 0 aliphatic carbocycles. The maximum Gasteiger partial charge on any atom is 0.308 e. The molecule has 1 unspecified atom stereocenters. The topological polar surface area (TPSA) is 176 Å². The maximum absolute atomic E-state index is 11.5. The molecule has 0 radical (unpaired) electrons. The molecule has 0 saturated heterocycles. The average molecular weight is 471 g/mol. The quantitative estimate of drug-likeness (QED) is 0.338. The summed E-state index contributed by atoms with van der Waals surface area (Å²) in [6, 6.07) is 4.32. The predicted octanol–water partition coefficient (Wildman–Crippen LogP) is 1.27. The Kier molecular flexibility index (Phi) is 18.1. The standard InChI is InChI=1S/C16H20O6.C5H13N3O.C2H6/c1-10(2)20-16(19)8-6-13-5-7-14(21-11(3)17)15(9-13)22-12(4)18;6-3-1-2-4(7)5(8)9;1-2/h5,7,9-10H,6,8H2,1-4H3;4H,1-3,6-7H2,(H2,8,9);1-2H3/p+1. The van der Waals surface area contributed by atoms with Gasteiger partial charge in [-0.05, 0) is 50.8 Å². The van der Waals surface area contributed by atoms with Crippen molar-refractivity contribution in [1.82, 2.24) is 0 Å². The molecule has 10 nitrogen and oxygen atoms in total. The number of ether oxygens (including phenoxy) is 3. The van der Waals surface area contributed by atoms with Crippen molar-refractivity contribution in [2.45, 2.75) is 79.4 Å². The van der Waals surface area contributed by atoms with Crippen LogP contribution in [0.15, 0.2) is 18.2 Å². The van der Waals surface area contributed by atoms with Crippen molar-refractivity contribution in [3.05, 3.63) is 23.8 Å². The molecule has 0 aliphatic heterocycles. The zero-order valence-electron chi connectivity index (χ0n) is 20.6. The number of rotatable bonds is 10. The highest BCUT2D eigenvalue weighted by molar-refractivity contribution is 5.79. The third-order valence-electron chi connectivity index (χ3n) is 3.63. The normalized spacial score (nSPS) is 10.6. The summed E-state index contributed by atoms with van der Waals surface area (Å²) in [5.74, 6) is -1.45. The second kappa shape index (κ2) is 18.6. The van der Waals surface area contributed by atoms with Gasteiger partial charge < -0.3 is 31.4 Å². The van der Waals surface area contributed by atoms with Gasteiger partial charge in [0.1, 0.15) is 0 Å². The fraction of sp³-hybridized carbons (Fsp3) is 0.565. The number of carbonyl (C=O) groups excluding carboxylic acids is 4. The minimum absolute atomic E-state index is 0.150. The van der Waals surface area contributed by atoms with Gasteiger partial charge in [0.2, 0.25) is 5.91 Å². The van der Waals surface area contributed by atoms with Gasteiger partial charge in [-0.1, -0.05) is 19.9 Å². The van der Waals surface area contributed by atoms with Gasteiger partial charge in [-0.2, -0.15) is 0 Å². The predicted molar refractivity (Wildman–Crippen MR) is 124 cm³/mol. The van der Waals surface area contributed by atoms with E-state index in [0.29, 0.717) is 12.8 Å². The third kappa shape index (κ3) is 17.3. The van der Waals surface area contributed by atoms with Gasteiger partial charge in [-0.15, -0.1) is 0 Å². The highest BCUT2D eigenvalue weighted by Gasteiger charge is 2.13. The molecule has 0 bridgehead atoms. The van der Waals surface area contributed by atoms with E-state index in [-0.39, 0.29) is 30.0 Å². The van der Waals surface area contributed by atoms with E-state index in [2.05, 4.69) is 5.73 Å². The number of quaternary nitrogens is 1. The van der Waals surface area contributed by atoms with Crippen LogP contribution in [0.3, 0.4) is 0 Å². The van der Waals surface area contributed by atoms with Crippen LogP contribution in [0, 0.1) is 0 Å². The summed E-state index contributed by atoms with van der Waals surface area (Å²) in [6.07, 6.45) is 2.00. The number of nitrogens with two attached hydrogens (primary N) is 2. The summed E-state index contributed by atoms with van der Waals surface area (Å²) in [7, 11) is 0. The number of hydrogen-bond acceptors (Lipinski definition) is 8. The van der Waals surface area contributed by atoms with Gasteiger partial charge in [0, 0.05) is 20.3 Å². The Morgan fingerprint density at radius 3 is 2.00 bits per heavy atom. The summed E-state index contributed by atoms with van der Waals surface area (Å²) in [5, 5.41) is 0. The first-order chi connectivity index (χ1) is 15.5. The molecule has 0 spiro atoms. The van der Waals surface area contributed by atoms with Crippen LogP contribution in [0.5, 0.6) is 11.5 Å². The fourth-order valence-corrected chi connectivity index (χ4v) is 2.26. The summed E-state index contributed by atoms with van der Waals surface area (Å²) >= 11 is 0. The Morgan fingerprint density at radius 2 is 1.55 bits per heavy atom. The molecular weight excluding hydrogens is 430 g/mol. The number of aryl methyl sites for hydroxylation is 1. The monoisotopic (exact) mass is 470 g/mol. The van der Waals surface area contributed by atoms with Gasteiger partial charge in [-0.25, -0.2) is 0 Å². The van der Waals surface area contributed by atoms with Crippen LogP contribution in [0.4, 0.5) is 0 Å². The molecule has 1 amide bonds. The molecule has 10 heteroatoms. The van der Waals surface area contributed by atoms with E-state index < -0.39 is 23.9 Å². The number of carbonyl (C=O) groups is 4. The molecule has 1 aromatic carbocycles. The zero-order valence-corrected chi connectivity index (χ0v) is 20.6. The number of benzene rings is 1. The Hall–Kier alpha value is -2.98. The number of primary amides is 1. The van der Waals surface area contributed by atoms with Crippen LogP contribution in [-0.2, 0) is 30.3 Å². The largest absolute Gasteiger partial charge is 0.463 e. The summed E-state index contributed by atoms with van der Waals surface area (Å²) in [6.45, 7) is 10.9. The number of amides is 1. The number of esters is 3. The Bertz CT molecular complexity index is 752. The van der Waals surface area contributed by atoms with Crippen molar-refractivity contribution >= 4 is 23.8 Å². The first-order valence-electron chi connectivity index (χ1n) is 11.0. The van der Waals surface area contributed by atoms with Crippen molar-refractivity contribution < 1.29 is 39.1 Å². The average Bonchev–Trinajstić information content (AvgIpc) is 2.72. The lowest BCUT2D eigenvalue weighted by Crippen LogP contribution is -2.51. The molecule has 33 heavy (non-hydrogen) atoms. The van der Waals surface area contributed by atoms with Crippen LogP contribution in [0.1, 0.15) is 66.4 Å². The molecular formula is C23H40N3O7+. The van der Waals surface area contributed by atoms with E-state index in [4.69, 9.17) is 25.7 Å². The van der Waals surface area contributed by atoms with Gasteiger partial charge >= 0.3 is 17.9 Å². The molecule has 0 saturated carbocycles. The Labute approximate surface area is 196 Å². The van der Waals surface area contributed by atoms with E-state index >= 15 is 0 Å². The van der Waals surface area contributed by atoms with Crippen LogP contribution in [-0.4, -0.2) is 42.5 Å². The molecule has 0 heterocycles. The van der Waals surface area contributed by atoms with Crippen molar-refractivity contribution in [1.29, 1.82) is 0 Å². The number of hydrogen-bond donors (Lipinski definition) is 3. The highest BCUT2D eigenvalue weighted by Crippen LogP contribution is 2.29. The maximum atomic E-state index is 11.5. The second-order valence-electron chi connectivity index (χ2n) is 7.01. The van der Waals surface area contributed by atoms with Crippen LogP contribution in [0.25, 0.3) is 0 Å². The van der Waals surface area contributed by atoms with Crippen LogP contribution in [0.2, 0.25) is 0 Å². The van der Waals surface area contributed by atoms with Crippen LogP contribution < -0.4 is 26.7 Å². The first-order valence-corrected chi connectivity index (χ1v) is 11.0. The van der Waals surface area contributed by atoms with E-state index in [0.717, 1.165) is 18.5 Å². The summed E-state index contributed by atoms with van der Waals surface area (Å²) in [5.41, 5.74) is 14.6. The van der Waals surface area contributed by atoms with Crippen molar-refractivity contribution in [3.63, 3.8) is 0 Å². The smallest absolute Gasteiger partial charge is 0.308 e. The van der Waals surface area contributed by atoms with Gasteiger partial charge in [0.15, 0.2) is 11.5 Å². The zero-order chi connectivity index (χ0) is 26.0. The lowest BCUT2D eigenvalue weighted by molar-refractivity contribution is -0.368. The van der Waals surface area contributed by atoms with Gasteiger partial charge in [0.05, 0.1) is 18.7 Å². The molecule has 1 rings (SSSR count). The summed E-state index contributed by atoms with van der Waals surface area (Å²) < 4.78 is 15.0. The van der Waals surface area contributed by atoms with Crippen molar-refractivity contribution in [2.24, 2.45) is 11.5 Å². The minimum atomic E-state index is -0.523. The van der Waals surface area contributed by atoms with E-state index in [1.165, 1.54) is 19.9 Å². The molecule has 188 valence electrons. The molecule has 0 aromatic heterocycles. The third-order valence-corrected chi connectivity index (χ3v) is 3.63. The fourth-order valence-electron chi connectivity index (χ4n) is 2.26. The summed E-state index contributed by atoms with van der Waals surface area (Å²) in [4.78, 5) is 43.9. The van der Waals surface area contributed by atoms with E-state index in [9.17, 15) is 19.2 Å². The lowest BCUT2D eigenvalue weighted by atomic mass is 10.1.